The van der Waals surface area contributed by atoms with Gasteiger partial charge in [0, 0.05) is 12.3 Å². The summed E-state index contributed by atoms with van der Waals surface area (Å²) < 4.78 is 5.58. The molecule has 6 heteroatoms. The standard InChI is InChI=1S/C17H21N3O3/c21-16-7-6-13(11-18-16)17(22)19-12-14(15-5-4-10-23-15)20-8-2-1-3-9-20/h4-7,10-11,14H,1-3,8-9,12H2,(H,18,21)(H,19,22)/p+1/t14-/m0/s1. The largest absolute Gasteiger partial charge is 0.463 e. The molecule has 0 unspecified atom stereocenters. The molecule has 1 aliphatic heterocycles. The highest BCUT2D eigenvalue weighted by atomic mass is 16.3. The second kappa shape index (κ2) is 7.28. The van der Waals surface area contributed by atoms with Gasteiger partial charge in [-0.15, -0.1) is 0 Å². The van der Waals surface area contributed by atoms with Crippen molar-refractivity contribution in [1.29, 1.82) is 0 Å². The number of furan rings is 1. The van der Waals surface area contributed by atoms with Crippen LogP contribution in [0.15, 0.2) is 45.9 Å². The Hall–Kier alpha value is -2.34. The van der Waals surface area contributed by atoms with Gasteiger partial charge in [-0.2, -0.15) is 0 Å². The van der Waals surface area contributed by atoms with Crippen LogP contribution in [0.25, 0.3) is 0 Å². The lowest BCUT2D eigenvalue weighted by molar-refractivity contribution is -0.936. The maximum absolute atomic E-state index is 12.2. The van der Waals surface area contributed by atoms with Crippen molar-refractivity contribution >= 4 is 5.91 Å². The van der Waals surface area contributed by atoms with Crippen LogP contribution in [0.5, 0.6) is 0 Å². The van der Waals surface area contributed by atoms with Crippen molar-refractivity contribution in [3.05, 3.63) is 58.4 Å². The first-order chi connectivity index (χ1) is 11.2. The minimum Gasteiger partial charge on any atom is -0.463 e. The molecule has 1 amide bonds. The quantitative estimate of drug-likeness (QED) is 0.752. The summed E-state index contributed by atoms with van der Waals surface area (Å²) in [5, 5.41) is 2.96. The average Bonchev–Trinajstić information content (AvgIpc) is 3.11. The molecule has 0 aromatic carbocycles. The normalized spacial score (nSPS) is 16.9. The van der Waals surface area contributed by atoms with E-state index in [0.717, 1.165) is 18.8 Å². The van der Waals surface area contributed by atoms with Gasteiger partial charge >= 0.3 is 0 Å². The Morgan fingerprint density at radius 1 is 1.26 bits per heavy atom. The summed E-state index contributed by atoms with van der Waals surface area (Å²) in [6.07, 6.45) is 6.81. The van der Waals surface area contributed by atoms with Crippen LogP contribution in [0, 0.1) is 0 Å². The van der Waals surface area contributed by atoms with Crippen molar-refractivity contribution in [1.82, 2.24) is 10.3 Å². The number of H-pyrrole nitrogens is 1. The van der Waals surface area contributed by atoms with Crippen molar-refractivity contribution in [2.75, 3.05) is 19.6 Å². The Morgan fingerprint density at radius 2 is 2.09 bits per heavy atom. The van der Waals surface area contributed by atoms with E-state index in [4.69, 9.17) is 4.42 Å². The van der Waals surface area contributed by atoms with E-state index in [-0.39, 0.29) is 17.5 Å². The molecule has 1 atom stereocenters. The van der Waals surface area contributed by atoms with Crippen molar-refractivity contribution < 1.29 is 14.1 Å². The minimum atomic E-state index is -0.215. The molecule has 1 aliphatic rings. The van der Waals surface area contributed by atoms with Crippen LogP contribution in [0.2, 0.25) is 0 Å². The lowest BCUT2D eigenvalue weighted by Crippen LogP contribution is -3.13. The second-order valence-electron chi connectivity index (χ2n) is 5.94. The first kappa shape index (κ1) is 15.6. The molecule has 0 radical (unpaired) electrons. The predicted octanol–water partition coefficient (Wildman–Crippen LogP) is 0.508. The van der Waals surface area contributed by atoms with Crippen LogP contribution in [-0.2, 0) is 0 Å². The molecule has 2 aromatic rings. The van der Waals surface area contributed by atoms with E-state index >= 15 is 0 Å². The minimum absolute atomic E-state index is 0.122. The van der Waals surface area contributed by atoms with E-state index in [0.29, 0.717) is 12.1 Å². The second-order valence-corrected chi connectivity index (χ2v) is 5.94. The molecule has 6 nitrogen and oxygen atoms in total. The monoisotopic (exact) mass is 316 g/mol. The third-order valence-electron chi connectivity index (χ3n) is 4.39. The lowest BCUT2D eigenvalue weighted by Gasteiger charge is -2.30. The smallest absolute Gasteiger partial charge is 0.252 e. The van der Waals surface area contributed by atoms with Gasteiger partial charge in [-0.3, -0.25) is 9.59 Å². The zero-order valence-electron chi connectivity index (χ0n) is 13.0. The maximum Gasteiger partial charge on any atom is 0.252 e. The number of amides is 1. The summed E-state index contributed by atoms with van der Waals surface area (Å²) in [7, 11) is 0. The Labute approximate surface area is 134 Å². The summed E-state index contributed by atoms with van der Waals surface area (Å²) >= 11 is 0. The van der Waals surface area contributed by atoms with Gasteiger partial charge in [-0.05, 0) is 37.5 Å². The Bertz CT molecular complexity index is 667. The van der Waals surface area contributed by atoms with Crippen LogP contribution in [0.1, 0.15) is 41.4 Å². The van der Waals surface area contributed by atoms with Gasteiger partial charge in [0.2, 0.25) is 5.56 Å². The first-order valence-corrected chi connectivity index (χ1v) is 8.09. The Kier molecular flexibility index (Phi) is 4.92. The van der Waals surface area contributed by atoms with Gasteiger partial charge in [0.1, 0.15) is 0 Å². The van der Waals surface area contributed by atoms with Gasteiger partial charge in [0.15, 0.2) is 11.8 Å². The van der Waals surface area contributed by atoms with Crippen LogP contribution >= 0.6 is 0 Å². The molecule has 1 saturated heterocycles. The summed E-state index contributed by atoms with van der Waals surface area (Å²) in [5.41, 5.74) is 0.240. The van der Waals surface area contributed by atoms with E-state index in [1.54, 1.807) is 6.26 Å². The van der Waals surface area contributed by atoms with E-state index in [1.165, 1.54) is 42.5 Å². The number of hydrogen-bond acceptors (Lipinski definition) is 3. The zero-order valence-corrected chi connectivity index (χ0v) is 13.0. The number of carbonyl (C=O) groups excluding carboxylic acids is 1. The number of hydrogen-bond donors (Lipinski definition) is 3. The average molecular weight is 316 g/mol. The third-order valence-corrected chi connectivity index (χ3v) is 4.39. The number of likely N-dealkylation sites (tertiary alicyclic amines) is 1. The highest BCUT2D eigenvalue weighted by Crippen LogP contribution is 2.11. The maximum atomic E-state index is 12.2. The molecule has 3 N–H and O–H groups in total. The van der Waals surface area contributed by atoms with Crippen LogP contribution in [0.3, 0.4) is 0 Å². The molecule has 3 heterocycles. The molecule has 3 rings (SSSR count). The predicted molar refractivity (Wildman–Crippen MR) is 85.4 cm³/mol. The summed E-state index contributed by atoms with van der Waals surface area (Å²) in [6, 6.07) is 6.86. The third kappa shape index (κ3) is 3.90. The van der Waals surface area contributed by atoms with Crippen molar-refractivity contribution in [3.63, 3.8) is 0 Å². The first-order valence-electron chi connectivity index (χ1n) is 8.09. The number of carbonyl (C=O) groups is 1. The highest BCUT2D eigenvalue weighted by Gasteiger charge is 2.28. The molecule has 0 spiro atoms. The topological polar surface area (TPSA) is 79.5 Å². The fraction of sp³-hybridized carbons (Fsp3) is 0.412. The van der Waals surface area contributed by atoms with E-state index in [9.17, 15) is 9.59 Å². The van der Waals surface area contributed by atoms with Crippen molar-refractivity contribution in [2.24, 2.45) is 0 Å². The molecule has 23 heavy (non-hydrogen) atoms. The van der Waals surface area contributed by atoms with Crippen molar-refractivity contribution in [2.45, 2.75) is 25.3 Å². The molecule has 1 fully saturated rings. The SMILES string of the molecule is O=C(NC[C@@H](c1ccco1)[NH+]1CCCCC1)c1ccc(=O)[nH]c1. The van der Waals surface area contributed by atoms with Gasteiger partial charge < -0.3 is 19.6 Å². The molecular formula is C17H22N3O3+. The molecule has 0 aliphatic carbocycles. The number of nitrogens with one attached hydrogen (secondary N) is 3. The number of aromatic nitrogens is 1. The highest BCUT2D eigenvalue weighted by molar-refractivity contribution is 5.93. The van der Waals surface area contributed by atoms with Crippen molar-refractivity contribution in [3.8, 4) is 0 Å². The molecule has 2 aromatic heterocycles. The fourth-order valence-corrected chi connectivity index (χ4v) is 3.14. The summed E-state index contributed by atoms with van der Waals surface area (Å²) in [4.78, 5) is 27.3. The molecule has 0 bridgehead atoms. The van der Waals surface area contributed by atoms with Gasteiger partial charge in [0.05, 0.1) is 31.5 Å². The van der Waals surface area contributed by atoms with Crippen LogP contribution in [0.4, 0.5) is 0 Å². The van der Waals surface area contributed by atoms with Gasteiger partial charge in [-0.1, -0.05) is 0 Å². The van der Waals surface area contributed by atoms with Crippen LogP contribution in [-0.4, -0.2) is 30.5 Å². The van der Waals surface area contributed by atoms with E-state index in [2.05, 4.69) is 10.3 Å². The van der Waals surface area contributed by atoms with E-state index in [1.807, 2.05) is 12.1 Å². The number of quaternary nitrogens is 1. The molecule has 122 valence electrons. The molecular weight excluding hydrogens is 294 g/mol. The van der Waals surface area contributed by atoms with Crippen LogP contribution < -0.4 is 15.8 Å². The number of aromatic amines is 1. The lowest BCUT2D eigenvalue weighted by atomic mass is 10.1. The Morgan fingerprint density at radius 3 is 2.74 bits per heavy atom. The number of piperidine rings is 1. The number of pyridine rings is 1. The van der Waals surface area contributed by atoms with E-state index < -0.39 is 0 Å². The summed E-state index contributed by atoms with van der Waals surface area (Å²) in [6.45, 7) is 2.71. The Balaban J connectivity index is 1.67. The molecule has 0 saturated carbocycles. The fourth-order valence-electron chi connectivity index (χ4n) is 3.14. The van der Waals surface area contributed by atoms with Gasteiger partial charge in [-0.25, -0.2) is 0 Å². The number of rotatable bonds is 5. The summed E-state index contributed by atoms with van der Waals surface area (Å²) in [5.74, 6) is 0.720. The zero-order chi connectivity index (χ0) is 16.1. The van der Waals surface area contributed by atoms with Gasteiger partial charge in [0.25, 0.3) is 5.91 Å².